The molecule has 1 aliphatic rings. The van der Waals surface area contributed by atoms with Crippen molar-refractivity contribution in [1.82, 2.24) is 4.90 Å². The molecule has 1 heterocycles. The molecule has 2 atom stereocenters. The summed E-state index contributed by atoms with van der Waals surface area (Å²) in [5, 5.41) is 8.88. The third kappa shape index (κ3) is 2.54. The second kappa shape index (κ2) is 5.87. The summed E-state index contributed by atoms with van der Waals surface area (Å²) in [6, 6.07) is 9.85. The number of carboxylic acid groups (broad SMARTS) is 1. The van der Waals surface area contributed by atoms with Gasteiger partial charge in [0.05, 0.1) is 5.41 Å². The Kier molecular flexibility index (Phi) is 4.38. The lowest BCUT2D eigenvalue weighted by Gasteiger charge is -2.32. The number of aliphatic carboxylic acids is 1. The molecular weight excluding hydrogens is 274 g/mol. The molecule has 5 heteroatoms. The van der Waals surface area contributed by atoms with E-state index in [2.05, 4.69) is 12.6 Å². The highest BCUT2D eigenvalue weighted by atomic mass is 32.1. The predicted octanol–water partition coefficient (Wildman–Crippen LogP) is 2.02. The molecule has 1 aromatic carbocycles. The second-order valence-corrected chi connectivity index (χ2v) is 5.63. The van der Waals surface area contributed by atoms with Crippen LogP contribution in [0, 0.1) is 5.41 Å². The molecule has 2 rings (SSSR count). The molecule has 108 valence electrons. The number of carbonyl (C=O) groups is 2. The molecule has 1 aliphatic heterocycles. The maximum Gasteiger partial charge on any atom is 0.323 e. The summed E-state index contributed by atoms with van der Waals surface area (Å²) in [6.45, 7) is 2.28. The van der Waals surface area contributed by atoms with Crippen LogP contribution in [0.5, 0.6) is 0 Å². The minimum absolute atomic E-state index is 0.0208. The number of amides is 1. The van der Waals surface area contributed by atoms with Gasteiger partial charge >= 0.3 is 5.97 Å². The summed E-state index contributed by atoms with van der Waals surface area (Å²) < 4.78 is 0. The molecule has 0 saturated carbocycles. The van der Waals surface area contributed by atoms with Gasteiger partial charge in [-0.25, -0.2) is 0 Å². The van der Waals surface area contributed by atoms with E-state index in [-0.39, 0.29) is 18.4 Å². The van der Waals surface area contributed by atoms with Crippen molar-refractivity contribution in [1.29, 1.82) is 0 Å². The van der Waals surface area contributed by atoms with E-state index in [9.17, 15) is 9.59 Å². The third-order valence-electron chi connectivity index (χ3n) is 4.28. The molecule has 1 aromatic rings. The standard InChI is InChI=1S/C15H19NO3S/c1-11(12-5-3-2-4-6-12)15(10-20)7-8-16(14(15)19)9-13(17)18/h2-6,11,20H,7-10H2,1H3,(H,17,18). The van der Waals surface area contributed by atoms with E-state index in [1.807, 2.05) is 37.3 Å². The summed E-state index contributed by atoms with van der Waals surface area (Å²) in [5.41, 5.74) is 0.493. The summed E-state index contributed by atoms with van der Waals surface area (Å²) in [4.78, 5) is 24.9. The second-order valence-electron chi connectivity index (χ2n) is 5.32. The Morgan fingerprint density at radius 1 is 1.45 bits per heavy atom. The number of nitrogens with zero attached hydrogens (tertiary/aromatic N) is 1. The maximum absolute atomic E-state index is 12.6. The number of carbonyl (C=O) groups excluding carboxylic acids is 1. The summed E-state index contributed by atoms with van der Waals surface area (Å²) in [5.74, 6) is -0.614. The van der Waals surface area contributed by atoms with E-state index in [1.54, 1.807) is 0 Å². The Balaban J connectivity index is 2.27. The van der Waals surface area contributed by atoms with E-state index in [4.69, 9.17) is 5.11 Å². The summed E-state index contributed by atoms with van der Waals surface area (Å²) >= 11 is 4.39. The lowest BCUT2D eigenvalue weighted by molar-refractivity contribution is -0.145. The van der Waals surface area contributed by atoms with Crippen LogP contribution in [0.2, 0.25) is 0 Å². The highest BCUT2D eigenvalue weighted by molar-refractivity contribution is 7.80. The van der Waals surface area contributed by atoms with Crippen LogP contribution in [0.25, 0.3) is 0 Å². The largest absolute Gasteiger partial charge is 0.480 e. The zero-order valence-electron chi connectivity index (χ0n) is 11.5. The normalized spacial score (nSPS) is 23.9. The average Bonchev–Trinajstić information content (AvgIpc) is 2.76. The van der Waals surface area contributed by atoms with Crippen molar-refractivity contribution in [3.63, 3.8) is 0 Å². The van der Waals surface area contributed by atoms with Gasteiger partial charge in [0.15, 0.2) is 0 Å². The van der Waals surface area contributed by atoms with Crippen molar-refractivity contribution in [2.45, 2.75) is 19.3 Å². The third-order valence-corrected chi connectivity index (χ3v) is 4.84. The summed E-state index contributed by atoms with van der Waals surface area (Å²) in [6.07, 6.45) is 0.651. The van der Waals surface area contributed by atoms with Gasteiger partial charge in [-0.05, 0) is 17.9 Å². The molecule has 1 N–H and O–H groups in total. The molecule has 2 unspecified atom stereocenters. The van der Waals surface area contributed by atoms with Gasteiger partial charge in [0.2, 0.25) is 5.91 Å². The highest BCUT2D eigenvalue weighted by Gasteiger charge is 2.50. The van der Waals surface area contributed by atoms with Crippen LogP contribution in [0.15, 0.2) is 30.3 Å². The van der Waals surface area contributed by atoms with Crippen LogP contribution in [-0.4, -0.2) is 40.7 Å². The number of hydrogen-bond acceptors (Lipinski definition) is 3. The number of hydrogen-bond donors (Lipinski definition) is 2. The lowest BCUT2D eigenvalue weighted by Crippen LogP contribution is -2.41. The van der Waals surface area contributed by atoms with Gasteiger partial charge in [0, 0.05) is 12.3 Å². The van der Waals surface area contributed by atoms with Crippen LogP contribution in [0.3, 0.4) is 0 Å². The maximum atomic E-state index is 12.6. The molecule has 0 radical (unpaired) electrons. The average molecular weight is 293 g/mol. The van der Waals surface area contributed by atoms with Crippen LogP contribution < -0.4 is 0 Å². The van der Waals surface area contributed by atoms with Crippen molar-refractivity contribution in [3.05, 3.63) is 35.9 Å². The fraction of sp³-hybridized carbons (Fsp3) is 0.467. The van der Waals surface area contributed by atoms with E-state index >= 15 is 0 Å². The van der Waals surface area contributed by atoms with E-state index < -0.39 is 11.4 Å². The SMILES string of the molecule is CC(c1ccccc1)C1(CS)CCN(CC(=O)O)C1=O. The highest BCUT2D eigenvalue weighted by Crippen LogP contribution is 2.45. The van der Waals surface area contributed by atoms with Gasteiger partial charge in [0.25, 0.3) is 0 Å². The number of likely N-dealkylation sites (tertiary alicyclic amines) is 1. The van der Waals surface area contributed by atoms with Crippen LogP contribution in [-0.2, 0) is 9.59 Å². The van der Waals surface area contributed by atoms with Gasteiger partial charge < -0.3 is 10.0 Å². The molecule has 0 aromatic heterocycles. The molecule has 0 aliphatic carbocycles. The van der Waals surface area contributed by atoms with Crippen LogP contribution >= 0.6 is 12.6 Å². The molecule has 4 nitrogen and oxygen atoms in total. The number of thiol groups is 1. The number of benzene rings is 1. The topological polar surface area (TPSA) is 57.6 Å². The van der Waals surface area contributed by atoms with Crippen LogP contribution in [0.1, 0.15) is 24.8 Å². The van der Waals surface area contributed by atoms with E-state index in [0.29, 0.717) is 18.7 Å². The van der Waals surface area contributed by atoms with Gasteiger partial charge in [0.1, 0.15) is 6.54 Å². The molecule has 1 amide bonds. The van der Waals surface area contributed by atoms with Crippen molar-refractivity contribution in [2.75, 3.05) is 18.8 Å². The zero-order chi connectivity index (χ0) is 14.8. The first-order valence-corrected chi connectivity index (χ1v) is 7.31. The summed E-state index contributed by atoms with van der Waals surface area (Å²) in [7, 11) is 0. The van der Waals surface area contributed by atoms with Gasteiger partial charge in [-0.1, -0.05) is 37.3 Å². The Labute approximate surface area is 124 Å². The Morgan fingerprint density at radius 3 is 2.65 bits per heavy atom. The number of carboxylic acids is 1. The first kappa shape index (κ1) is 14.9. The molecule has 1 saturated heterocycles. The lowest BCUT2D eigenvalue weighted by atomic mass is 9.73. The fourth-order valence-electron chi connectivity index (χ4n) is 2.92. The Morgan fingerprint density at radius 2 is 2.10 bits per heavy atom. The van der Waals surface area contributed by atoms with Crippen molar-refractivity contribution in [2.24, 2.45) is 5.41 Å². The van der Waals surface area contributed by atoms with Crippen molar-refractivity contribution >= 4 is 24.5 Å². The van der Waals surface area contributed by atoms with Gasteiger partial charge in [-0.15, -0.1) is 0 Å². The molecule has 0 spiro atoms. The Bertz CT molecular complexity index is 505. The molecular formula is C15H19NO3S. The van der Waals surface area contributed by atoms with Crippen molar-refractivity contribution in [3.8, 4) is 0 Å². The molecule has 1 fully saturated rings. The van der Waals surface area contributed by atoms with Crippen molar-refractivity contribution < 1.29 is 14.7 Å². The van der Waals surface area contributed by atoms with Gasteiger partial charge in [-0.3, -0.25) is 9.59 Å². The van der Waals surface area contributed by atoms with E-state index in [1.165, 1.54) is 4.90 Å². The zero-order valence-corrected chi connectivity index (χ0v) is 12.3. The van der Waals surface area contributed by atoms with Gasteiger partial charge in [-0.2, -0.15) is 12.6 Å². The first-order chi connectivity index (χ1) is 9.51. The monoisotopic (exact) mass is 293 g/mol. The minimum Gasteiger partial charge on any atom is -0.480 e. The molecule has 20 heavy (non-hydrogen) atoms. The van der Waals surface area contributed by atoms with Crippen LogP contribution in [0.4, 0.5) is 0 Å². The quantitative estimate of drug-likeness (QED) is 0.817. The first-order valence-electron chi connectivity index (χ1n) is 6.68. The molecule has 0 bridgehead atoms. The number of rotatable bonds is 5. The Hall–Kier alpha value is -1.49. The predicted molar refractivity (Wildman–Crippen MR) is 80.0 cm³/mol. The van der Waals surface area contributed by atoms with E-state index in [0.717, 1.165) is 5.56 Å². The smallest absolute Gasteiger partial charge is 0.323 e. The minimum atomic E-state index is -0.972. The fourth-order valence-corrected chi connectivity index (χ4v) is 3.49.